The van der Waals surface area contributed by atoms with Crippen LogP contribution in [-0.2, 0) is 6.54 Å². The van der Waals surface area contributed by atoms with Crippen LogP contribution in [-0.4, -0.2) is 11.5 Å². The van der Waals surface area contributed by atoms with E-state index in [1.807, 2.05) is 11.6 Å². The van der Waals surface area contributed by atoms with E-state index < -0.39 is 0 Å². The summed E-state index contributed by atoms with van der Waals surface area (Å²) in [6, 6.07) is 2.16. The van der Waals surface area contributed by atoms with Crippen LogP contribution in [0.2, 0.25) is 0 Å². The van der Waals surface area contributed by atoms with Crippen molar-refractivity contribution in [3.63, 3.8) is 0 Å². The Bertz CT molecular complexity index is 367. The van der Waals surface area contributed by atoms with Gasteiger partial charge in [0.25, 0.3) is 0 Å². The third kappa shape index (κ3) is 3.12. The summed E-state index contributed by atoms with van der Waals surface area (Å²) in [5.41, 5.74) is 1.37. The highest BCUT2D eigenvalue weighted by Gasteiger charge is 2.06. The lowest BCUT2D eigenvalue weighted by atomic mass is 10.2. The summed E-state index contributed by atoms with van der Waals surface area (Å²) in [7, 11) is 0. The molecule has 0 saturated heterocycles. The van der Waals surface area contributed by atoms with Gasteiger partial charge in [-0.2, -0.15) is 11.3 Å². The number of rotatable bonds is 5. The molecule has 0 radical (unpaired) electrons. The lowest BCUT2D eigenvalue weighted by molar-refractivity contribution is 0.613. The maximum atomic E-state index is 4.31. The fraction of sp³-hybridized carbons (Fsp3) is 0.364. The molecular formula is C11H14N2S2. The second-order valence-corrected chi connectivity index (χ2v) is 5.24. The third-order valence-corrected chi connectivity index (χ3v) is 3.97. The quantitative estimate of drug-likeness (QED) is 0.866. The number of hydrogen-bond acceptors (Lipinski definition) is 4. The number of hydrogen-bond donors (Lipinski definition) is 1. The van der Waals surface area contributed by atoms with Crippen molar-refractivity contribution >= 4 is 22.7 Å². The molecule has 2 aromatic rings. The van der Waals surface area contributed by atoms with Crippen LogP contribution in [0.3, 0.4) is 0 Å². The van der Waals surface area contributed by atoms with E-state index in [9.17, 15) is 0 Å². The molecule has 1 atom stereocenters. The highest BCUT2D eigenvalue weighted by molar-refractivity contribution is 7.09. The minimum atomic E-state index is 0.503. The van der Waals surface area contributed by atoms with E-state index in [1.165, 1.54) is 10.6 Å². The van der Waals surface area contributed by atoms with E-state index >= 15 is 0 Å². The lowest BCUT2D eigenvalue weighted by Crippen LogP contribution is -2.19. The fourth-order valence-corrected chi connectivity index (χ4v) is 2.76. The van der Waals surface area contributed by atoms with E-state index in [0.717, 1.165) is 13.1 Å². The number of thiazole rings is 1. The Kier molecular flexibility index (Phi) is 3.88. The molecule has 1 unspecified atom stereocenters. The zero-order chi connectivity index (χ0) is 10.5. The van der Waals surface area contributed by atoms with Gasteiger partial charge in [0.15, 0.2) is 0 Å². The molecule has 1 N–H and O–H groups in total. The van der Waals surface area contributed by atoms with E-state index in [4.69, 9.17) is 0 Å². The molecule has 2 aromatic heterocycles. The number of aromatic nitrogens is 1. The fourth-order valence-electron chi connectivity index (χ4n) is 1.39. The van der Waals surface area contributed by atoms with Crippen molar-refractivity contribution in [2.75, 3.05) is 6.54 Å². The molecule has 4 heteroatoms. The van der Waals surface area contributed by atoms with Gasteiger partial charge in [-0.05, 0) is 22.4 Å². The Labute approximate surface area is 98.0 Å². The Morgan fingerprint density at radius 1 is 1.47 bits per heavy atom. The molecule has 80 valence electrons. The van der Waals surface area contributed by atoms with Gasteiger partial charge in [-0.3, -0.25) is 0 Å². The largest absolute Gasteiger partial charge is 0.312 e. The van der Waals surface area contributed by atoms with Gasteiger partial charge < -0.3 is 5.32 Å². The number of nitrogens with zero attached hydrogens (tertiary/aromatic N) is 1. The van der Waals surface area contributed by atoms with Gasteiger partial charge in [0.2, 0.25) is 0 Å². The van der Waals surface area contributed by atoms with Crippen LogP contribution in [0.15, 0.2) is 28.4 Å². The van der Waals surface area contributed by atoms with Gasteiger partial charge in [-0.1, -0.05) is 6.92 Å². The predicted octanol–water partition coefficient (Wildman–Crippen LogP) is 3.10. The summed E-state index contributed by atoms with van der Waals surface area (Å²) < 4.78 is 0. The predicted molar refractivity (Wildman–Crippen MR) is 66.6 cm³/mol. The second kappa shape index (κ2) is 5.39. The first-order valence-electron chi connectivity index (χ1n) is 4.97. The van der Waals surface area contributed by atoms with Crippen LogP contribution < -0.4 is 5.32 Å². The molecule has 0 spiro atoms. The van der Waals surface area contributed by atoms with Gasteiger partial charge >= 0.3 is 0 Å². The molecule has 0 fully saturated rings. The van der Waals surface area contributed by atoms with Crippen molar-refractivity contribution in [1.82, 2.24) is 10.3 Å². The minimum Gasteiger partial charge on any atom is -0.312 e. The summed E-state index contributed by atoms with van der Waals surface area (Å²) in [6.07, 6.45) is 1.87. The summed E-state index contributed by atoms with van der Waals surface area (Å²) >= 11 is 3.48. The maximum absolute atomic E-state index is 4.31. The zero-order valence-corrected chi connectivity index (χ0v) is 10.3. The van der Waals surface area contributed by atoms with Crippen LogP contribution in [0.1, 0.15) is 23.4 Å². The smallest absolute Gasteiger partial charge is 0.0965 e. The number of nitrogens with one attached hydrogen (secondary N) is 1. The van der Waals surface area contributed by atoms with Crippen molar-refractivity contribution < 1.29 is 0 Å². The molecule has 0 amide bonds. The third-order valence-electron chi connectivity index (χ3n) is 2.23. The molecule has 0 saturated carbocycles. The minimum absolute atomic E-state index is 0.503. The first kappa shape index (κ1) is 10.8. The average Bonchev–Trinajstić information content (AvgIpc) is 2.90. The molecule has 2 rings (SSSR count). The molecule has 2 nitrogen and oxygen atoms in total. The molecule has 0 aliphatic carbocycles. The standard InChI is InChI=1S/C11H14N2S2/c1-9(11-13-3-5-15-11)6-12-7-10-2-4-14-8-10/h2-5,8-9,12H,6-7H2,1H3. The van der Waals surface area contributed by atoms with E-state index in [-0.39, 0.29) is 0 Å². The van der Waals surface area contributed by atoms with Crippen LogP contribution >= 0.6 is 22.7 Å². The van der Waals surface area contributed by atoms with Crippen molar-refractivity contribution in [2.24, 2.45) is 0 Å². The zero-order valence-electron chi connectivity index (χ0n) is 8.64. The van der Waals surface area contributed by atoms with Crippen molar-refractivity contribution in [1.29, 1.82) is 0 Å². The van der Waals surface area contributed by atoms with Crippen LogP contribution in [0.5, 0.6) is 0 Å². The SMILES string of the molecule is CC(CNCc1ccsc1)c1nccs1. The first-order chi connectivity index (χ1) is 7.36. The van der Waals surface area contributed by atoms with Crippen LogP contribution in [0, 0.1) is 0 Å². The van der Waals surface area contributed by atoms with E-state index in [1.54, 1.807) is 22.7 Å². The highest BCUT2D eigenvalue weighted by Crippen LogP contribution is 2.16. The summed E-state index contributed by atoms with van der Waals surface area (Å²) in [5, 5.41) is 11.0. The highest BCUT2D eigenvalue weighted by atomic mass is 32.1. The topological polar surface area (TPSA) is 24.9 Å². The maximum Gasteiger partial charge on any atom is 0.0965 e. The van der Waals surface area contributed by atoms with Crippen LogP contribution in [0.4, 0.5) is 0 Å². The van der Waals surface area contributed by atoms with Gasteiger partial charge in [-0.25, -0.2) is 4.98 Å². The average molecular weight is 238 g/mol. The van der Waals surface area contributed by atoms with E-state index in [2.05, 4.69) is 34.1 Å². The van der Waals surface area contributed by atoms with Gasteiger partial charge in [-0.15, -0.1) is 11.3 Å². The Hall–Kier alpha value is -0.710. The molecule has 2 heterocycles. The summed E-state index contributed by atoms with van der Waals surface area (Å²) in [6.45, 7) is 4.15. The van der Waals surface area contributed by atoms with Gasteiger partial charge in [0.1, 0.15) is 0 Å². The van der Waals surface area contributed by atoms with E-state index in [0.29, 0.717) is 5.92 Å². The molecule has 0 aromatic carbocycles. The first-order valence-corrected chi connectivity index (χ1v) is 6.79. The Morgan fingerprint density at radius 3 is 3.07 bits per heavy atom. The monoisotopic (exact) mass is 238 g/mol. The molecule has 0 aliphatic rings. The summed E-state index contributed by atoms with van der Waals surface area (Å²) in [4.78, 5) is 4.31. The molecule has 0 bridgehead atoms. The van der Waals surface area contributed by atoms with Crippen molar-refractivity contribution in [3.8, 4) is 0 Å². The normalized spacial score (nSPS) is 12.9. The Morgan fingerprint density at radius 2 is 2.40 bits per heavy atom. The second-order valence-electron chi connectivity index (χ2n) is 3.53. The van der Waals surface area contributed by atoms with Gasteiger partial charge in [0.05, 0.1) is 5.01 Å². The van der Waals surface area contributed by atoms with Crippen molar-refractivity contribution in [3.05, 3.63) is 39.0 Å². The van der Waals surface area contributed by atoms with Crippen molar-refractivity contribution in [2.45, 2.75) is 19.4 Å². The van der Waals surface area contributed by atoms with Gasteiger partial charge in [0, 0.05) is 30.6 Å². The molecule has 15 heavy (non-hydrogen) atoms. The molecular weight excluding hydrogens is 224 g/mol. The molecule has 0 aliphatic heterocycles. The Balaban J connectivity index is 1.74. The van der Waals surface area contributed by atoms with Crippen LogP contribution in [0.25, 0.3) is 0 Å². The summed E-state index contributed by atoms with van der Waals surface area (Å²) in [5.74, 6) is 0.503. The number of thiophene rings is 1. The lowest BCUT2D eigenvalue weighted by Gasteiger charge is -2.08.